The van der Waals surface area contributed by atoms with Crippen LogP contribution in [-0.2, 0) is 0 Å². The second-order valence-electron chi connectivity index (χ2n) is 5.81. The number of benzene rings is 1. The van der Waals surface area contributed by atoms with Crippen molar-refractivity contribution in [3.63, 3.8) is 0 Å². The van der Waals surface area contributed by atoms with Crippen molar-refractivity contribution < 1.29 is 9.53 Å². The predicted octanol–water partition coefficient (Wildman–Crippen LogP) is 2.43. The van der Waals surface area contributed by atoms with Crippen molar-refractivity contribution in [1.82, 2.24) is 14.9 Å². The molecule has 1 aliphatic heterocycles. The average molecular weight is 327 g/mol. The van der Waals surface area contributed by atoms with Gasteiger partial charge < -0.3 is 10.1 Å². The van der Waals surface area contributed by atoms with E-state index in [1.165, 1.54) is 6.20 Å². The minimum atomic E-state index is -0.380. The van der Waals surface area contributed by atoms with Gasteiger partial charge in [-0.3, -0.25) is 15.2 Å². The van der Waals surface area contributed by atoms with Crippen molar-refractivity contribution >= 4 is 17.5 Å². The normalized spacial score (nSPS) is 13.4. The van der Waals surface area contributed by atoms with Crippen LogP contribution in [0, 0.1) is 13.8 Å². The Labute approximate surface area is 141 Å². The van der Waals surface area contributed by atoms with Gasteiger partial charge in [0.1, 0.15) is 12.4 Å². The van der Waals surface area contributed by atoms with Crippen LogP contribution in [-0.4, -0.2) is 47.1 Å². The Hall–Kier alpha value is -2.67. The van der Waals surface area contributed by atoms with Gasteiger partial charge in [-0.05, 0) is 31.5 Å². The third-order valence-electron chi connectivity index (χ3n) is 3.61. The van der Waals surface area contributed by atoms with E-state index >= 15 is 0 Å². The van der Waals surface area contributed by atoms with Gasteiger partial charge in [-0.2, -0.15) is 0 Å². The molecular weight excluding hydrogens is 306 g/mol. The van der Waals surface area contributed by atoms with Crippen molar-refractivity contribution in [2.75, 3.05) is 36.9 Å². The SMILES string of the molecule is Cc1ccc(OCCN2CC2)c(NC(=O)Nc2cnc(C)cn2)c1. The quantitative estimate of drug-likeness (QED) is 0.797. The standard InChI is InChI=1S/C17H21N5O2/c1-12-3-4-15(24-8-7-22-5-6-22)14(9-12)20-17(23)21-16-11-18-13(2)10-19-16/h3-4,9-11H,5-8H2,1-2H3,(H2,19,20,21,23). The molecule has 0 bridgehead atoms. The molecular formula is C17H21N5O2. The number of nitrogens with one attached hydrogen (secondary N) is 2. The number of hydrogen-bond acceptors (Lipinski definition) is 5. The summed E-state index contributed by atoms with van der Waals surface area (Å²) >= 11 is 0. The third-order valence-corrected chi connectivity index (χ3v) is 3.61. The molecule has 1 aromatic carbocycles. The fraction of sp³-hybridized carbons (Fsp3) is 0.353. The molecule has 0 unspecified atom stereocenters. The van der Waals surface area contributed by atoms with E-state index < -0.39 is 0 Å². The van der Waals surface area contributed by atoms with E-state index in [4.69, 9.17) is 4.74 Å². The number of amides is 2. The van der Waals surface area contributed by atoms with E-state index in [0.717, 1.165) is 30.9 Å². The number of anilines is 2. The Morgan fingerprint density at radius 3 is 2.75 bits per heavy atom. The molecule has 1 fully saturated rings. The molecule has 7 heteroatoms. The minimum absolute atomic E-state index is 0.380. The molecule has 2 N–H and O–H groups in total. The molecule has 2 amide bonds. The molecule has 3 rings (SSSR count). The number of rotatable bonds is 6. The zero-order chi connectivity index (χ0) is 16.9. The largest absolute Gasteiger partial charge is 0.490 e. The molecule has 1 saturated heterocycles. The van der Waals surface area contributed by atoms with E-state index in [1.807, 2.05) is 32.0 Å². The first kappa shape index (κ1) is 16.2. The van der Waals surface area contributed by atoms with Gasteiger partial charge >= 0.3 is 6.03 Å². The van der Waals surface area contributed by atoms with E-state index in [0.29, 0.717) is 23.9 Å². The van der Waals surface area contributed by atoms with E-state index in [2.05, 4.69) is 25.5 Å². The highest BCUT2D eigenvalue weighted by Crippen LogP contribution is 2.26. The number of carbonyl (C=O) groups is 1. The monoisotopic (exact) mass is 327 g/mol. The first-order valence-electron chi connectivity index (χ1n) is 7.92. The molecule has 126 valence electrons. The lowest BCUT2D eigenvalue weighted by molar-refractivity contribution is 0.261. The van der Waals surface area contributed by atoms with Crippen molar-refractivity contribution in [3.8, 4) is 5.75 Å². The van der Waals surface area contributed by atoms with Crippen LogP contribution < -0.4 is 15.4 Å². The second kappa shape index (κ2) is 7.27. The Morgan fingerprint density at radius 1 is 1.21 bits per heavy atom. The molecule has 2 aromatic rings. The predicted molar refractivity (Wildman–Crippen MR) is 92.5 cm³/mol. The molecule has 1 aliphatic rings. The molecule has 0 atom stereocenters. The topological polar surface area (TPSA) is 79.2 Å². The summed E-state index contributed by atoms with van der Waals surface area (Å²) in [4.78, 5) is 22.7. The van der Waals surface area contributed by atoms with Crippen molar-refractivity contribution in [2.45, 2.75) is 13.8 Å². The van der Waals surface area contributed by atoms with Crippen LogP contribution in [0.3, 0.4) is 0 Å². The summed E-state index contributed by atoms with van der Waals surface area (Å²) in [6.45, 7) is 7.59. The lowest BCUT2D eigenvalue weighted by atomic mass is 10.2. The summed E-state index contributed by atoms with van der Waals surface area (Å²) in [7, 11) is 0. The van der Waals surface area contributed by atoms with Crippen molar-refractivity contribution in [2.24, 2.45) is 0 Å². The summed E-state index contributed by atoms with van der Waals surface area (Å²) in [5, 5.41) is 5.47. The molecule has 2 heterocycles. The van der Waals surface area contributed by atoms with Crippen LogP contribution in [0.25, 0.3) is 0 Å². The molecule has 7 nitrogen and oxygen atoms in total. The summed E-state index contributed by atoms with van der Waals surface area (Å²) in [5.74, 6) is 1.06. The minimum Gasteiger partial charge on any atom is -0.490 e. The number of nitrogens with zero attached hydrogens (tertiary/aromatic N) is 3. The molecule has 0 radical (unpaired) electrons. The zero-order valence-corrected chi connectivity index (χ0v) is 13.9. The van der Waals surface area contributed by atoms with Gasteiger partial charge in [0.2, 0.25) is 0 Å². The maximum Gasteiger partial charge on any atom is 0.324 e. The highest BCUT2D eigenvalue weighted by atomic mass is 16.5. The summed E-state index contributed by atoms with van der Waals surface area (Å²) in [5.41, 5.74) is 2.47. The Bertz CT molecular complexity index is 713. The van der Waals surface area contributed by atoms with Crippen LogP contribution in [0.2, 0.25) is 0 Å². The average Bonchev–Trinajstić information content (AvgIpc) is 3.36. The van der Waals surface area contributed by atoms with Gasteiger partial charge in [-0.15, -0.1) is 0 Å². The van der Waals surface area contributed by atoms with Crippen molar-refractivity contribution in [3.05, 3.63) is 41.9 Å². The van der Waals surface area contributed by atoms with Crippen LogP contribution in [0.15, 0.2) is 30.6 Å². The van der Waals surface area contributed by atoms with Crippen LogP contribution >= 0.6 is 0 Å². The lowest BCUT2D eigenvalue weighted by Crippen LogP contribution is -2.21. The number of carbonyl (C=O) groups excluding carboxylic acids is 1. The summed E-state index contributed by atoms with van der Waals surface area (Å²) in [6, 6.07) is 5.34. The lowest BCUT2D eigenvalue weighted by Gasteiger charge is -2.14. The van der Waals surface area contributed by atoms with Crippen LogP contribution in [0.4, 0.5) is 16.3 Å². The van der Waals surface area contributed by atoms with Gasteiger partial charge in [0.15, 0.2) is 5.82 Å². The smallest absolute Gasteiger partial charge is 0.324 e. The number of ether oxygens (including phenoxy) is 1. The first-order chi connectivity index (χ1) is 11.6. The van der Waals surface area contributed by atoms with E-state index in [-0.39, 0.29) is 6.03 Å². The molecule has 0 aliphatic carbocycles. The van der Waals surface area contributed by atoms with Gasteiger partial charge in [-0.25, -0.2) is 9.78 Å². The number of hydrogen-bond donors (Lipinski definition) is 2. The molecule has 0 spiro atoms. The first-order valence-corrected chi connectivity index (χ1v) is 7.92. The van der Waals surface area contributed by atoms with Crippen LogP contribution in [0.1, 0.15) is 11.3 Å². The van der Waals surface area contributed by atoms with Gasteiger partial charge in [0, 0.05) is 19.6 Å². The maximum absolute atomic E-state index is 12.2. The van der Waals surface area contributed by atoms with Gasteiger partial charge in [0.05, 0.1) is 23.8 Å². The highest BCUT2D eigenvalue weighted by molar-refractivity contribution is 6.00. The Kier molecular flexibility index (Phi) is 4.90. The maximum atomic E-state index is 12.2. The number of aromatic nitrogens is 2. The van der Waals surface area contributed by atoms with Crippen molar-refractivity contribution in [1.29, 1.82) is 0 Å². The third kappa shape index (κ3) is 4.66. The fourth-order valence-corrected chi connectivity index (χ4v) is 2.17. The number of aryl methyl sites for hydroxylation is 2. The van der Waals surface area contributed by atoms with Crippen LogP contribution in [0.5, 0.6) is 5.75 Å². The van der Waals surface area contributed by atoms with E-state index in [1.54, 1.807) is 6.20 Å². The van der Waals surface area contributed by atoms with Gasteiger partial charge in [0.25, 0.3) is 0 Å². The zero-order valence-electron chi connectivity index (χ0n) is 13.9. The highest BCUT2D eigenvalue weighted by Gasteiger charge is 2.16. The Balaban J connectivity index is 1.62. The fourth-order valence-electron chi connectivity index (χ4n) is 2.17. The Morgan fingerprint density at radius 2 is 2.04 bits per heavy atom. The van der Waals surface area contributed by atoms with E-state index in [9.17, 15) is 4.79 Å². The molecule has 0 saturated carbocycles. The summed E-state index contributed by atoms with van der Waals surface area (Å²) in [6.07, 6.45) is 3.12. The summed E-state index contributed by atoms with van der Waals surface area (Å²) < 4.78 is 5.80. The van der Waals surface area contributed by atoms with Gasteiger partial charge in [-0.1, -0.05) is 6.07 Å². The second-order valence-corrected chi connectivity index (χ2v) is 5.81. The molecule has 24 heavy (non-hydrogen) atoms. The molecule has 1 aromatic heterocycles. The number of urea groups is 1.